The maximum Gasteiger partial charge on any atom is 0.279 e. The fourth-order valence-corrected chi connectivity index (χ4v) is 3.20. The van der Waals surface area contributed by atoms with Crippen LogP contribution in [0.25, 0.3) is 21.4 Å². The molecule has 0 unspecified atom stereocenters. The summed E-state index contributed by atoms with van der Waals surface area (Å²) in [6, 6.07) is 13.8. The predicted molar refractivity (Wildman–Crippen MR) is 94.0 cm³/mol. The van der Waals surface area contributed by atoms with E-state index in [0.29, 0.717) is 10.1 Å². The summed E-state index contributed by atoms with van der Waals surface area (Å²) in [7, 11) is 0. The van der Waals surface area contributed by atoms with Crippen LogP contribution < -0.4 is 5.56 Å². The molecule has 3 rings (SSSR count). The van der Waals surface area contributed by atoms with E-state index in [1.54, 1.807) is 24.3 Å². The molecular weight excluding hydrogens is 342 g/mol. The van der Waals surface area contributed by atoms with Gasteiger partial charge >= 0.3 is 0 Å². The van der Waals surface area contributed by atoms with Crippen LogP contribution in [0.5, 0.6) is 0 Å². The lowest BCUT2D eigenvalue weighted by Gasteiger charge is -2.04. The molecule has 25 heavy (non-hydrogen) atoms. The van der Waals surface area contributed by atoms with Gasteiger partial charge in [-0.25, -0.2) is 0 Å². The van der Waals surface area contributed by atoms with Gasteiger partial charge in [0.1, 0.15) is 22.4 Å². The second-order valence-corrected chi connectivity index (χ2v) is 5.99. The van der Waals surface area contributed by atoms with Gasteiger partial charge in [-0.2, -0.15) is 10.2 Å². The van der Waals surface area contributed by atoms with Crippen molar-refractivity contribution in [2.45, 2.75) is 0 Å². The number of nitrogens with zero attached hydrogens (tertiary/aromatic N) is 3. The average molecular weight is 351 g/mol. The number of nitro benzene ring substituents is 1. The molecule has 1 heterocycles. The van der Waals surface area contributed by atoms with E-state index in [9.17, 15) is 25.3 Å². The van der Waals surface area contributed by atoms with Gasteiger partial charge in [-0.15, -0.1) is 11.3 Å². The van der Waals surface area contributed by atoms with E-state index in [2.05, 4.69) is 4.98 Å². The Morgan fingerprint density at radius 2 is 1.88 bits per heavy atom. The number of hydrogen-bond donors (Lipinski definition) is 1. The summed E-state index contributed by atoms with van der Waals surface area (Å²) in [5.74, 6) is -0.393. The summed E-state index contributed by atoms with van der Waals surface area (Å²) in [6.07, 6.45) is 0. The molecule has 0 aliphatic carbocycles. The molecule has 0 fully saturated rings. The van der Waals surface area contributed by atoms with Gasteiger partial charge in [0.05, 0.1) is 10.3 Å². The van der Waals surface area contributed by atoms with E-state index >= 15 is 0 Å². The number of hydrogen-bond acceptors (Lipinski definition) is 7. The Morgan fingerprint density at radius 1 is 1.20 bits per heavy atom. The van der Waals surface area contributed by atoms with Crippen LogP contribution in [0.4, 0.5) is 5.69 Å². The number of fused-ring (bicyclic) bond motifs is 1. The zero-order valence-corrected chi connectivity index (χ0v) is 13.4. The van der Waals surface area contributed by atoms with Crippen molar-refractivity contribution in [3.05, 3.63) is 79.6 Å². The van der Waals surface area contributed by atoms with Crippen molar-refractivity contribution in [1.82, 2.24) is 4.98 Å². The Kier molecular flexibility index (Phi) is 4.24. The summed E-state index contributed by atoms with van der Waals surface area (Å²) < 4.78 is 0.641. The highest BCUT2D eigenvalue weighted by Gasteiger charge is 2.16. The number of rotatable bonds is 3. The van der Waals surface area contributed by atoms with Crippen LogP contribution >= 0.6 is 11.3 Å². The molecule has 0 bridgehead atoms. The molecule has 0 aliphatic heterocycles. The van der Waals surface area contributed by atoms with Gasteiger partial charge in [0.2, 0.25) is 0 Å². The standard InChI is InChI=1S/C17H9N3O4S/c18-9-13(15(21)10-5-7-11(8-6-10)20(23)24)17-19-16(22)12-3-1-2-4-14(12)25-17/h1-8,21H/b15-13-. The van der Waals surface area contributed by atoms with Gasteiger partial charge in [-0.3, -0.25) is 14.9 Å². The van der Waals surface area contributed by atoms with E-state index in [-0.39, 0.29) is 21.8 Å². The van der Waals surface area contributed by atoms with Crippen molar-refractivity contribution in [3.63, 3.8) is 0 Å². The molecule has 122 valence electrons. The van der Waals surface area contributed by atoms with Crippen LogP contribution in [0.3, 0.4) is 0 Å². The third kappa shape index (κ3) is 3.08. The molecular formula is C17H9N3O4S. The number of aromatic nitrogens is 1. The lowest BCUT2D eigenvalue weighted by molar-refractivity contribution is -0.384. The highest BCUT2D eigenvalue weighted by molar-refractivity contribution is 7.19. The first-order valence-corrected chi connectivity index (χ1v) is 7.81. The molecule has 7 nitrogen and oxygen atoms in total. The molecule has 0 atom stereocenters. The molecule has 8 heteroatoms. The average Bonchev–Trinajstić information content (AvgIpc) is 2.62. The zero-order chi connectivity index (χ0) is 18.0. The predicted octanol–water partition coefficient (Wildman–Crippen LogP) is 3.51. The number of allylic oxidation sites excluding steroid dienone is 1. The first kappa shape index (κ1) is 16.3. The molecule has 0 radical (unpaired) electrons. The Labute approximate surface area is 144 Å². The van der Waals surface area contributed by atoms with Crippen LogP contribution in [0, 0.1) is 21.4 Å². The summed E-state index contributed by atoms with van der Waals surface area (Å²) in [6.45, 7) is 0. The summed E-state index contributed by atoms with van der Waals surface area (Å²) in [5.41, 5.74) is -0.574. The highest BCUT2D eigenvalue weighted by atomic mass is 32.1. The van der Waals surface area contributed by atoms with E-state index in [1.807, 2.05) is 6.07 Å². The van der Waals surface area contributed by atoms with Gasteiger partial charge in [0.15, 0.2) is 0 Å². The van der Waals surface area contributed by atoms with Crippen LogP contribution in [-0.2, 0) is 0 Å². The lowest BCUT2D eigenvalue weighted by atomic mass is 10.1. The summed E-state index contributed by atoms with van der Waals surface area (Å²) in [5, 5.41) is 31.0. The molecule has 1 N–H and O–H groups in total. The van der Waals surface area contributed by atoms with Crippen LogP contribution in [0.15, 0.2) is 53.3 Å². The number of aliphatic hydroxyl groups excluding tert-OH is 1. The second kappa shape index (κ2) is 6.51. The third-order valence-electron chi connectivity index (χ3n) is 3.44. The van der Waals surface area contributed by atoms with Crippen molar-refractivity contribution in [1.29, 1.82) is 5.26 Å². The van der Waals surface area contributed by atoms with Gasteiger partial charge in [0.25, 0.3) is 11.2 Å². The van der Waals surface area contributed by atoms with Crippen LogP contribution in [0.2, 0.25) is 0 Å². The summed E-state index contributed by atoms with van der Waals surface area (Å²) in [4.78, 5) is 26.1. The normalized spacial score (nSPS) is 11.6. The molecule has 1 aromatic heterocycles. The summed E-state index contributed by atoms with van der Waals surface area (Å²) >= 11 is 1.11. The Hall–Kier alpha value is -3.57. The van der Waals surface area contributed by atoms with Gasteiger partial charge in [-0.05, 0) is 24.3 Å². The largest absolute Gasteiger partial charge is 0.506 e. The van der Waals surface area contributed by atoms with Gasteiger partial charge < -0.3 is 5.11 Å². The van der Waals surface area contributed by atoms with Crippen molar-refractivity contribution < 1.29 is 10.0 Å². The lowest BCUT2D eigenvalue weighted by Crippen LogP contribution is -2.07. The molecule has 0 spiro atoms. The van der Waals surface area contributed by atoms with Crippen molar-refractivity contribution >= 4 is 38.4 Å². The quantitative estimate of drug-likeness (QED) is 0.334. The first-order chi connectivity index (χ1) is 12.0. The monoisotopic (exact) mass is 351 g/mol. The second-order valence-electron chi connectivity index (χ2n) is 4.96. The minimum absolute atomic E-state index is 0.0852. The molecule has 0 amide bonds. The molecule has 0 saturated heterocycles. The molecule has 2 aromatic carbocycles. The van der Waals surface area contributed by atoms with E-state index < -0.39 is 16.2 Å². The fraction of sp³-hybridized carbons (Fsp3) is 0. The first-order valence-electron chi connectivity index (χ1n) is 6.99. The van der Waals surface area contributed by atoms with Crippen LogP contribution in [-0.4, -0.2) is 15.0 Å². The number of aliphatic hydroxyl groups is 1. The van der Waals surface area contributed by atoms with Crippen LogP contribution in [0.1, 0.15) is 10.6 Å². The number of benzene rings is 2. The SMILES string of the molecule is N#C/C(=C(/O)c1ccc([N+](=O)[O-])cc1)c1nc(=O)c2ccccc2s1. The molecule has 3 aromatic rings. The third-order valence-corrected chi connectivity index (χ3v) is 4.51. The number of non-ortho nitro benzene ring substituents is 1. The zero-order valence-electron chi connectivity index (χ0n) is 12.5. The molecule has 0 saturated carbocycles. The smallest absolute Gasteiger partial charge is 0.279 e. The van der Waals surface area contributed by atoms with Crippen molar-refractivity contribution in [2.24, 2.45) is 0 Å². The Balaban J connectivity index is 2.15. The number of nitriles is 1. The minimum Gasteiger partial charge on any atom is -0.506 e. The van der Waals surface area contributed by atoms with Crippen molar-refractivity contribution in [3.8, 4) is 6.07 Å². The fourth-order valence-electron chi connectivity index (χ4n) is 2.21. The topological polar surface area (TPSA) is 117 Å². The van der Waals surface area contributed by atoms with Crippen molar-refractivity contribution in [2.75, 3.05) is 0 Å². The number of nitro groups is 1. The van der Waals surface area contributed by atoms with Gasteiger partial charge in [-0.1, -0.05) is 12.1 Å². The maximum atomic E-state index is 12.1. The van der Waals surface area contributed by atoms with E-state index in [4.69, 9.17) is 0 Å². The minimum atomic E-state index is -0.563. The van der Waals surface area contributed by atoms with Gasteiger partial charge in [0, 0.05) is 22.4 Å². The highest BCUT2D eigenvalue weighted by Crippen LogP contribution is 2.28. The van der Waals surface area contributed by atoms with E-state index in [1.165, 1.54) is 24.3 Å². The maximum absolute atomic E-state index is 12.1. The molecule has 0 aliphatic rings. The Morgan fingerprint density at radius 3 is 2.52 bits per heavy atom. The van der Waals surface area contributed by atoms with E-state index in [0.717, 1.165) is 11.3 Å². The Bertz CT molecular complexity index is 1110.